The molecule has 0 saturated carbocycles. The number of aliphatic hydroxyl groups is 1. The molecule has 2 heterocycles. The third-order valence-electron chi connectivity index (χ3n) is 3.21. The van der Waals surface area contributed by atoms with Gasteiger partial charge in [0.25, 0.3) is 0 Å². The molecule has 5 heteroatoms. The maximum atomic E-state index is 9.68. The quantitative estimate of drug-likeness (QED) is 0.805. The summed E-state index contributed by atoms with van der Waals surface area (Å²) in [5.74, 6) is 0.710. The van der Waals surface area contributed by atoms with E-state index in [2.05, 4.69) is 4.98 Å². The second-order valence-electron chi connectivity index (χ2n) is 4.32. The Hall–Kier alpha value is -2.04. The van der Waals surface area contributed by atoms with Crippen molar-refractivity contribution in [3.8, 4) is 17.0 Å². The smallest absolute Gasteiger partial charge is 0.156 e. The zero-order valence-corrected chi connectivity index (χ0v) is 11.6. The van der Waals surface area contributed by atoms with Gasteiger partial charge in [-0.3, -0.25) is 4.40 Å². The Balaban J connectivity index is 2.33. The first-order valence-electron chi connectivity index (χ1n) is 6.16. The van der Waals surface area contributed by atoms with Crippen molar-refractivity contribution in [2.75, 3.05) is 7.11 Å². The molecule has 0 radical (unpaired) electrons. The minimum Gasteiger partial charge on any atom is -0.496 e. The second kappa shape index (κ2) is 5.15. The number of aromatic nitrogens is 2. The average Bonchev–Trinajstić information content (AvgIpc) is 2.87. The Kier molecular flexibility index (Phi) is 3.34. The molecular formula is C15H13ClN2O2. The van der Waals surface area contributed by atoms with E-state index in [1.54, 1.807) is 17.6 Å². The molecule has 1 N–H and O–H groups in total. The first kappa shape index (κ1) is 13.0. The lowest BCUT2D eigenvalue weighted by molar-refractivity contribution is 0.276. The Labute approximate surface area is 121 Å². The molecule has 20 heavy (non-hydrogen) atoms. The van der Waals surface area contributed by atoms with Gasteiger partial charge in [0.05, 0.1) is 30.1 Å². The van der Waals surface area contributed by atoms with Crippen molar-refractivity contribution in [1.29, 1.82) is 0 Å². The van der Waals surface area contributed by atoms with E-state index in [9.17, 15) is 5.11 Å². The van der Waals surface area contributed by atoms with E-state index in [0.717, 1.165) is 5.56 Å². The number of fused-ring (bicyclic) bond motifs is 1. The van der Waals surface area contributed by atoms with Crippen LogP contribution in [0.3, 0.4) is 0 Å². The van der Waals surface area contributed by atoms with Gasteiger partial charge in [0.15, 0.2) is 5.65 Å². The van der Waals surface area contributed by atoms with Crippen molar-refractivity contribution >= 4 is 17.2 Å². The van der Waals surface area contributed by atoms with Crippen LogP contribution in [0.2, 0.25) is 5.02 Å². The van der Waals surface area contributed by atoms with Gasteiger partial charge in [0.2, 0.25) is 0 Å². The predicted molar refractivity (Wildman–Crippen MR) is 78.1 cm³/mol. The number of para-hydroxylation sites is 1. The molecule has 0 atom stereocenters. The van der Waals surface area contributed by atoms with Crippen LogP contribution >= 0.6 is 11.6 Å². The molecular weight excluding hydrogens is 276 g/mol. The Bertz CT molecular complexity index is 768. The number of methoxy groups -OCH3 is 1. The second-order valence-corrected chi connectivity index (χ2v) is 4.72. The summed E-state index contributed by atoms with van der Waals surface area (Å²) in [7, 11) is 1.61. The maximum Gasteiger partial charge on any atom is 0.156 e. The normalized spacial score (nSPS) is 10.9. The van der Waals surface area contributed by atoms with Gasteiger partial charge in [-0.15, -0.1) is 0 Å². The summed E-state index contributed by atoms with van der Waals surface area (Å²) >= 11 is 6.16. The largest absolute Gasteiger partial charge is 0.496 e. The average molecular weight is 289 g/mol. The molecule has 0 aliphatic rings. The molecule has 2 aromatic heterocycles. The van der Waals surface area contributed by atoms with E-state index in [4.69, 9.17) is 16.3 Å². The van der Waals surface area contributed by atoms with Crippen LogP contribution in [-0.2, 0) is 6.61 Å². The van der Waals surface area contributed by atoms with Gasteiger partial charge in [-0.2, -0.15) is 0 Å². The maximum absolute atomic E-state index is 9.68. The van der Waals surface area contributed by atoms with E-state index < -0.39 is 0 Å². The summed E-state index contributed by atoms with van der Waals surface area (Å²) in [6.45, 7) is -0.130. The number of aliphatic hydroxyl groups excluding tert-OH is 1. The minimum atomic E-state index is -0.130. The van der Waals surface area contributed by atoms with Crippen molar-refractivity contribution in [1.82, 2.24) is 9.38 Å². The fourth-order valence-electron chi connectivity index (χ4n) is 2.29. The van der Waals surface area contributed by atoms with Crippen LogP contribution < -0.4 is 4.74 Å². The predicted octanol–water partition coefficient (Wildman–Crippen LogP) is 3.16. The van der Waals surface area contributed by atoms with Crippen molar-refractivity contribution in [3.63, 3.8) is 0 Å². The number of nitrogens with zero attached hydrogens (tertiary/aromatic N) is 2. The Morgan fingerprint density at radius 1 is 1.25 bits per heavy atom. The highest BCUT2D eigenvalue weighted by Crippen LogP contribution is 2.33. The summed E-state index contributed by atoms with van der Waals surface area (Å²) in [4.78, 5) is 4.55. The molecule has 4 nitrogen and oxygen atoms in total. The summed E-state index contributed by atoms with van der Waals surface area (Å²) in [5, 5.41) is 10.2. The fraction of sp³-hybridized carbons (Fsp3) is 0.133. The highest BCUT2D eigenvalue weighted by Gasteiger charge is 2.17. The highest BCUT2D eigenvalue weighted by atomic mass is 35.5. The fourth-order valence-corrected chi connectivity index (χ4v) is 2.50. The van der Waals surface area contributed by atoms with Crippen molar-refractivity contribution in [2.45, 2.75) is 6.61 Å². The van der Waals surface area contributed by atoms with E-state index >= 15 is 0 Å². The van der Waals surface area contributed by atoms with Crippen molar-refractivity contribution in [3.05, 3.63) is 53.3 Å². The molecule has 0 saturated heterocycles. The Morgan fingerprint density at radius 3 is 2.80 bits per heavy atom. The summed E-state index contributed by atoms with van der Waals surface area (Å²) < 4.78 is 7.16. The number of rotatable bonds is 3. The molecule has 0 aliphatic heterocycles. The first-order chi connectivity index (χ1) is 9.76. The molecule has 3 rings (SSSR count). The van der Waals surface area contributed by atoms with Crippen LogP contribution in [-0.4, -0.2) is 21.6 Å². The lowest BCUT2D eigenvalue weighted by atomic mass is 10.1. The van der Waals surface area contributed by atoms with Crippen molar-refractivity contribution in [2.24, 2.45) is 0 Å². The highest BCUT2D eigenvalue weighted by molar-refractivity contribution is 6.33. The van der Waals surface area contributed by atoms with E-state index in [0.29, 0.717) is 27.8 Å². The van der Waals surface area contributed by atoms with Gasteiger partial charge in [-0.1, -0.05) is 23.7 Å². The molecule has 0 bridgehead atoms. The molecule has 102 valence electrons. The summed E-state index contributed by atoms with van der Waals surface area (Å²) in [5.41, 5.74) is 2.82. The van der Waals surface area contributed by atoms with E-state index in [1.165, 1.54) is 0 Å². The summed E-state index contributed by atoms with van der Waals surface area (Å²) in [6, 6.07) is 11.2. The minimum absolute atomic E-state index is 0.130. The molecule has 3 aromatic rings. The van der Waals surface area contributed by atoms with Gasteiger partial charge in [-0.05, 0) is 24.3 Å². The monoisotopic (exact) mass is 288 g/mol. The van der Waals surface area contributed by atoms with Gasteiger partial charge in [0, 0.05) is 11.8 Å². The lowest BCUT2D eigenvalue weighted by Gasteiger charge is -2.07. The lowest BCUT2D eigenvalue weighted by Crippen LogP contribution is -1.95. The number of halogens is 1. The number of imidazole rings is 1. The standard InChI is InChI=1S/C15H13ClN2O2/c1-20-13-7-3-2-5-10(13)14-12(9-19)18-8-4-6-11(16)15(18)17-14/h2-8,19H,9H2,1H3. The van der Waals surface area contributed by atoms with Crippen LogP contribution in [0.5, 0.6) is 5.75 Å². The van der Waals surface area contributed by atoms with Crippen LogP contribution in [0.25, 0.3) is 16.9 Å². The number of pyridine rings is 1. The van der Waals surface area contributed by atoms with E-state index in [1.807, 2.05) is 36.5 Å². The zero-order valence-electron chi connectivity index (χ0n) is 10.9. The van der Waals surface area contributed by atoms with Gasteiger partial charge >= 0.3 is 0 Å². The molecule has 0 aliphatic carbocycles. The van der Waals surface area contributed by atoms with E-state index in [-0.39, 0.29) is 6.61 Å². The van der Waals surface area contributed by atoms with Gasteiger partial charge < -0.3 is 9.84 Å². The number of ether oxygens (including phenoxy) is 1. The number of hydrogen-bond donors (Lipinski definition) is 1. The van der Waals surface area contributed by atoms with Crippen LogP contribution in [0.15, 0.2) is 42.6 Å². The third kappa shape index (κ3) is 1.94. The van der Waals surface area contributed by atoms with Crippen LogP contribution in [0, 0.1) is 0 Å². The number of hydrogen-bond acceptors (Lipinski definition) is 3. The van der Waals surface area contributed by atoms with Crippen molar-refractivity contribution < 1.29 is 9.84 Å². The molecule has 0 unspecified atom stereocenters. The molecule has 0 fully saturated rings. The summed E-state index contributed by atoms with van der Waals surface area (Å²) in [6.07, 6.45) is 1.83. The first-order valence-corrected chi connectivity index (χ1v) is 6.53. The molecule has 0 spiro atoms. The van der Waals surface area contributed by atoms with Crippen LogP contribution in [0.4, 0.5) is 0 Å². The molecule has 1 aromatic carbocycles. The zero-order chi connectivity index (χ0) is 14.1. The molecule has 0 amide bonds. The van der Waals surface area contributed by atoms with Gasteiger partial charge in [-0.25, -0.2) is 4.98 Å². The SMILES string of the molecule is COc1ccccc1-c1nc2c(Cl)cccn2c1CO. The topological polar surface area (TPSA) is 46.8 Å². The van der Waals surface area contributed by atoms with Gasteiger partial charge in [0.1, 0.15) is 5.75 Å². The Morgan fingerprint density at radius 2 is 2.05 bits per heavy atom. The third-order valence-corrected chi connectivity index (χ3v) is 3.51. The number of benzene rings is 1. The van der Waals surface area contributed by atoms with Crippen LogP contribution in [0.1, 0.15) is 5.69 Å².